The molecule has 0 spiro atoms. The zero-order valence-corrected chi connectivity index (χ0v) is 22.2. The monoisotopic (exact) mass is 509 g/mol. The van der Waals surface area contributed by atoms with Gasteiger partial charge in [0, 0.05) is 54.9 Å². The zero-order chi connectivity index (χ0) is 26.3. The van der Waals surface area contributed by atoms with Gasteiger partial charge >= 0.3 is 0 Å². The van der Waals surface area contributed by atoms with Crippen LogP contribution in [-0.4, -0.2) is 13.8 Å². The molecule has 3 heteroatoms. The first-order valence-electron chi connectivity index (χ1n) is 13.9. The number of pyridine rings is 1. The number of nitrogens with zero attached hydrogens (tertiary/aromatic N) is 3. The van der Waals surface area contributed by atoms with Crippen molar-refractivity contribution in [1.82, 2.24) is 13.8 Å². The Labute approximate surface area is 229 Å². The van der Waals surface area contributed by atoms with Crippen molar-refractivity contribution in [2.45, 2.75) is 13.8 Å². The lowest BCUT2D eigenvalue weighted by atomic mass is 10.0. The maximum absolute atomic E-state index is 4.89. The van der Waals surface area contributed by atoms with Crippen LogP contribution in [0.3, 0.4) is 0 Å². The number of aromatic nitrogens is 3. The summed E-state index contributed by atoms with van der Waals surface area (Å²) >= 11 is 0. The van der Waals surface area contributed by atoms with E-state index in [4.69, 9.17) is 4.98 Å². The molecule has 0 fully saturated rings. The average molecular weight is 510 g/mol. The molecular weight excluding hydrogens is 486 g/mol. The molecule has 0 saturated heterocycles. The molecule has 10 rings (SSSR count). The van der Waals surface area contributed by atoms with Crippen LogP contribution < -0.4 is 0 Å². The van der Waals surface area contributed by atoms with Gasteiger partial charge in [0.05, 0.1) is 38.8 Å². The minimum Gasteiger partial charge on any atom is -0.308 e. The summed E-state index contributed by atoms with van der Waals surface area (Å²) in [6, 6.07) is 36.1. The van der Waals surface area contributed by atoms with E-state index in [1.165, 1.54) is 92.9 Å². The van der Waals surface area contributed by atoms with Crippen molar-refractivity contribution in [3.05, 3.63) is 114 Å². The molecule has 40 heavy (non-hydrogen) atoms. The lowest BCUT2D eigenvalue weighted by Gasteiger charge is -2.08. The van der Waals surface area contributed by atoms with Gasteiger partial charge in [-0.1, -0.05) is 72.8 Å². The summed E-state index contributed by atoms with van der Waals surface area (Å²) in [7, 11) is 0. The van der Waals surface area contributed by atoms with Crippen molar-refractivity contribution >= 4 is 76.2 Å². The Hall–Kier alpha value is -5.15. The van der Waals surface area contributed by atoms with Crippen LogP contribution in [0.2, 0.25) is 0 Å². The Bertz CT molecular complexity index is 2670. The minimum atomic E-state index is 1.02. The second-order valence-corrected chi connectivity index (χ2v) is 11.3. The summed E-state index contributed by atoms with van der Waals surface area (Å²) in [5, 5.41) is 10.4. The predicted molar refractivity (Wildman–Crippen MR) is 168 cm³/mol. The highest BCUT2D eigenvalue weighted by atomic mass is 14.9. The molecule has 0 amide bonds. The molecule has 10 aromatic rings. The Morgan fingerprint density at radius 2 is 1.00 bits per heavy atom. The van der Waals surface area contributed by atoms with Crippen LogP contribution >= 0.6 is 0 Å². The Morgan fingerprint density at radius 1 is 0.450 bits per heavy atom. The van der Waals surface area contributed by atoms with Crippen LogP contribution in [0.15, 0.2) is 103 Å². The van der Waals surface area contributed by atoms with Gasteiger partial charge < -0.3 is 8.80 Å². The SMILES string of the molecule is Cc1cnc(-c2cccc3c4cccc5c6cc7c(cc6n(c23)c54)c2cccc3c4ccccc4n7c32)cc1C. The second-order valence-electron chi connectivity index (χ2n) is 11.3. The van der Waals surface area contributed by atoms with Gasteiger partial charge in [-0.15, -0.1) is 0 Å². The number of fused-ring (bicyclic) bond motifs is 12. The average Bonchev–Trinajstić information content (AvgIpc) is 3.70. The van der Waals surface area contributed by atoms with Gasteiger partial charge in [0.25, 0.3) is 0 Å². The van der Waals surface area contributed by atoms with Gasteiger partial charge in [0.15, 0.2) is 0 Å². The Morgan fingerprint density at radius 3 is 1.73 bits per heavy atom. The van der Waals surface area contributed by atoms with E-state index in [2.05, 4.69) is 120 Å². The van der Waals surface area contributed by atoms with E-state index in [0.717, 1.165) is 5.69 Å². The summed E-state index contributed by atoms with van der Waals surface area (Å²) in [5.74, 6) is 0. The van der Waals surface area contributed by atoms with Gasteiger partial charge in [-0.2, -0.15) is 0 Å². The first kappa shape index (κ1) is 20.8. The van der Waals surface area contributed by atoms with E-state index < -0.39 is 0 Å². The molecule has 0 N–H and O–H groups in total. The largest absolute Gasteiger partial charge is 0.308 e. The number of hydrogen-bond donors (Lipinski definition) is 0. The number of rotatable bonds is 1. The molecule has 3 nitrogen and oxygen atoms in total. The predicted octanol–water partition coefficient (Wildman–Crippen LogP) is 9.67. The summed E-state index contributed by atoms with van der Waals surface area (Å²) in [6.45, 7) is 4.30. The number of hydrogen-bond acceptors (Lipinski definition) is 1. The molecule has 0 aliphatic rings. The second kappa shape index (κ2) is 6.88. The third-order valence-electron chi connectivity index (χ3n) is 9.33. The lowest BCUT2D eigenvalue weighted by molar-refractivity contribution is 1.22. The Kier molecular flexibility index (Phi) is 3.57. The highest BCUT2D eigenvalue weighted by molar-refractivity contribution is 6.29. The molecular formula is C37H23N3. The van der Waals surface area contributed by atoms with Gasteiger partial charge in [-0.25, -0.2) is 0 Å². The van der Waals surface area contributed by atoms with Crippen molar-refractivity contribution in [3.63, 3.8) is 0 Å². The van der Waals surface area contributed by atoms with Gasteiger partial charge in [0.2, 0.25) is 0 Å². The number of aryl methyl sites for hydroxylation is 2. The van der Waals surface area contributed by atoms with Gasteiger partial charge in [0.1, 0.15) is 0 Å². The van der Waals surface area contributed by atoms with Gasteiger partial charge in [-0.3, -0.25) is 4.98 Å². The number of para-hydroxylation sites is 4. The van der Waals surface area contributed by atoms with E-state index in [-0.39, 0.29) is 0 Å². The van der Waals surface area contributed by atoms with Crippen LogP contribution in [-0.2, 0) is 0 Å². The quantitative estimate of drug-likeness (QED) is 0.216. The van der Waals surface area contributed by atoms with Crippen molar-refractivity contribution in [2.24, 2.45) is 0 Å². The molecule has 5 aromatic carbocycles. The fourth-order valence-electron chi connectivity index (χ4n) is 7.42. The molecule has 0 saturated carbocycles. The van der Waals surface area contributed by atoms with Crippen molar-refractivity contribution < 1.29 is 0 Å². The van der Waals surface area contributed by atoms with E-state index in [1.807, 2.05) is 6.20 Å². The van der Waals surface area contributed by atoms with Crippen LogP contribution in [0.4, 0.5) is 0 Å². The van der Waals surface area contributed by atoms with Crippen LogP contribution in [0, 0.1) is 13.8 Å². The van der Waals surface area contributed by atoms with Crippen molar-refractivity contribution in [1.29, 1.82) is 0 Å². The number of benzene rings is 5. The summed E-state index contributed by atoms with van der Waals surface area (Å²) in [5.41, 5.74) is 12.3. The maximum Gasteiger partial charge on any atom is 0.0726 e. The third kappa shape index (κ3) is 2.28. The topological polar surface area (TPSA) is 21.7 Å². The molecule has 186 valence electrons. The highest BCUT2D eigenvalue weighted by Gasteiger charge is 2.23. The lowest BCUT2D eigenvalue weighted by Crippen LogP contribution is -1.91. The van der Waals surface area contributed by atoms with Crippen LogP contribution in [0.5, 0.6) is 0 Å². The maximum atomic E-state index is 4.89. The van der Waals surface area contributed by atoms with E-state index in [0.29, 0.717) is 0 Å². The summed E-state index contributed by atoms with van der Waals surface area (Å²) in [6.07, 6.45) is 2.00. The molecule has 0 unspecified atom stereocenters. The van der Waals surface area contributed by atoms with Crippen molar-refractivity contribution in [3.8, 4) is 11.3 Å². The fourth-order valence-corrected chi connectivity index (χ4v) is 7.42. The molecule has 0 radical (unpaired) electrons. The highest BCUT2D eigenvalue weighted by Crippen LogP contribution is 2.45. The minimum absolute atomic E-state index is 1.02. The van der Waals surface area contributed by atoms with E-state index >= 15 is 0 Å². The molecule has 0 bridgehead atoms. The fraction of sp³-hybridized carbons (Fsp3) is 0.0541. The third-order valence-corrected chi connectivity index (χ3v) is 9.33. The molecule has 5 heterocycles. The first-order valence-corrected chi connectivity index (χ1v) is 13.9. The van der Waals surface area contributed by atoms with Crippen LogP contribution in [0.1, 0.15) is 11.1 Å². The van der Waals surface area contributed by atoms with E-state index in [9.17, 15) is 0 Å². The van der Waals surface area contributed by atoms with Crippen LogP contribution in [0.25, 0.3) is 87.4 Å². The standard InChI is InChI=1S/C37H23N3/c1-20-16-31(38-19-21(20)2)28-14-7-11-25-24-10-6-13-27-30-17-33-29(18-34(30)40(36(24)27)37(25)28)26-12-5-9-23-22-8-3-4-15-32(22)39(33)35(23)26/h3-19H,1-2H3. The van der Waals surface area contributed by atoms with E-state index in [1.54, 1.807) is 0 Å². The summed E-state index contributed by atoms with van der Waals surface area (Å²) in [4.78, 5) is 4.89. The Balaban J connectivity index is 1.45. The normalized spacial score (nSPS) is 12.8. The zero-order valence-electron chi connectivity index (χ0n) is 22.2. The van der Waals surface area contributed by atoms with Gasteiger partial charge in [-0.05, 0) is 49.2 Å². The first-order chi connectivity index (χ1) is 19.7. The molecule has 0 atom stereocenters. The molecule has 5 aromatic heterocycles. The molecule has 0 aliphatic heterocycles. The van der Waals surface area contributed by atoms with Crippen molar-refractivity contribution in [2.75, 3.05) is 0 Å². The molecule has 0 aliphatic carbocycles. The summed E-state index contributed by atoms with van der Waals surface area (Å²) < 4.78 is 4.99. The smallest absolute Gasteiger partial charge is 0.0726 e.